The van der Waals surface area contributed by atoms with Crippen LogP contribution in [0.4, 0.5) is 10.5 Å². The predicted molar refractivity (Wildman–Crippen MR) is 91.0 cm³/mol. The molecule has 1 aromatic carbocycles. The highest BCUT2D eigenvalue weighted by molar-refractivity contribution is 5.87. The molecule has 0 radical (unpaired) electrons. The third kappa shape index (κ3) is 4.45. The summed E-state index contributed by atoms with van der Waals surface area (Å²) in [5.41, 5.74) is 6.65. The van der Waals surface area contributed by atoms with Crippen LogP contribution in [0.5, 0.6) is 0 Å². The number of piperidine rings is 1. The second kappa shape index (κ2) is 7.00. The van der Waals surface area contributed by atoms with E-state index in [0.717, 1.165) is 24.9 Å². The van der Waals surface area contributed by atoms with E-state index in [1.165, 1.54) is 0 Å². The molecule has 23 heavy (non-hydrogen) atoms. The number of anilines is 1. The molecule has 2 rings (SSSR count). The number of rotatable bonds is 4. The minimum atomic E-state index is -0.593. The van der Waals surface area contributed by atoms with E-state index in [-0.39, 0.29) is 23.4 Å². The Morgan fingerprint density at radius 2 is 1.96 bits per heavy atom. The maximum atomic E-state index is 12.6. The van der Waals surface area contributed by atoms with Crippen molar-refractivity contribution in [3.63, 3.8) is 0 Å². The van der Waals surface area contributed by atoms with Gasteiger partial charge < -0.3 is 21.7 Å². The molecule has 0 saturated carbocycles. The first kappa shape index (κ1) is 17.3. The molecule has 1 aliphatic rings. The molecule has 6 heteroatoms. The summed E-state index contributed by atoms with van der Waals surface area (Å²) in [6.07, 6.45) is 2.14. The lowest BCUT2D eigenvalue weighted by Gasteiger charge is -2.38. The minimum absolute atomic E-state index is 0.0292. The number of urea groups is 1. The van der Waals surface area contributed by atoms with Crippen LogP contribution in [0, 0.1) is 5.41 Å². The lowest BCUT2D eigenvalue weighted by atomic mass is 9.77. The molecule has 126 valence electrons. The molecule has 6 nitrogen and oxygen atoms in total. The summed E-state index contributed by atoms with van der Waals surface area (Å²) in [7, 11) is 0. The zero-order valence-electron chi connectivity index (χ0n) is 14.0. The monoisotopic (exact) mass is 318 g/mol. The first-order chi connectivity index (χ1) is 10.8. The Labute approximate surface area is 137 Å². The first-order valence-corrected chi connectivity index (χ1v) is 8.00. The molecule has 0 aliphatic carbocycles. The number of benzene rings is 1. The summed E-state index contributed by atoms with van der Waals surface area (Å²) in [4.78, 5) is 23.4. The summed E-state index contributed by atoms with van der Waals surface area (Å²) in [6.45, 7) is 7.07. The van der Waals surface area contributed by atoms with Crippen molar-refractivity contribution in [3.05, 3.63) is 29.8 Å². The van der Waals surface area contributed by atoms with Gasteiger partial charge in [0.1, 0.15) is 0 Å². The summed E-state index contributed by atoms with van der Waals surface area (Å²) in [6, 6.07) is 6.41. The summed E-state index contributed by atoms with van der Waals surface area (Å²) in [5.74, 6) is 0.0292. The fourth-order valence-electron chi connectivity index (χ4n) is 3.04. The van der Waals surface area contributed by atoms with Crippen molar-refractivity contribution in [2.75, 3.05) is 11.9 Å². The molecule has 2 unspecified atom stereocenters. The van der Waals surface area contributed by atoms with Crippen LogP contribution >= 0.6 is 0 Å². The van der Waals surface area contributed by atoms with E-state index in [2.05, 4.69) is 29.8 Å². The number of nitrogens with two attached hydrogens (primary N) is 1. The Hall–Kier alpha value is -2.08. The predicted octanol–water partition coefficient (Wildman–Crippen LogP) is 2.13. The summed E-state index contributed by atoms with van der Waals surface area (Å²) in [5, 5.41) is 8.91. The van der Waals surface area contributed by atoms with E-state index in [1.54, 1.807) is 12.1 Å². The number of primary amides is 1. The van der Waals surface area contributed by atoms with Gasteiger partial charge in [0.2, 0.25) is 5.91 Å². The van der Waals surface area contributed by atoms with Gasteiger partial charge in [-0.2, -0.15) is 0 Å². The van der Waals surface area contributed by atoms with E-state index in [0.29, 0.717) is 5.69 Å². The van der Waals surface area contributed by atoms with Gasteiger partial charge in [-0.15, -0.1) is 0 Å². The van der Waals surface area contributed by atoms with Gasteiger partial charge in [-0.3, -0.25) is 4.79 Å². The van der Waals surface area contributed by atoms with Gasteiger partial charge in [-0.1, -0.05) is 26.0 Å². The van der Waals surface area contributed by atoms with Crippen molar-refractivity contribution in [2.24, 2.45) is 11.1 Å². The van der Waals surface area contributed by atoms with E-state index in [9.17, 15) is 9.59 Å². The number of nitrogens with one attached hydrogen (secondary N) is 3. The number of hydrogen-bond donors (Lipinski definition) is 4. The summed E-state index contributed by atoms with van der Waals surface area (Å²) >= 11 is 0. The number of carbonyl (C=O) groups is 2. The van der Waals surface area contributed by atoms with Crippen LogP contribution < -0.4 is 21.7 Å². The van der Waals surface area contributed by atoms with Crippen LogP contribution in [0.2, 0.25) is 0 Å². The van der Waals surface area contributed by atoms with Crippen molar-refractivity contribution in [2.45, 2.75) is 45.7 Å². The molecule has 1 fully saturated rings. The normalized spacial score (nSPS) is 21.3. The molecule has 1 aliphatic heterocycles. The highest BCUT2D eigenvalue weighted by Crippen LogP contribution is 2.30. The molecule has 5 N–H and O–H groups in total. The van der Waals surface area contributed by atoms with Gasteiger partial charge in [0.05, 0.1) is 12.1 Å². The standard InChI is InChI=1S/C17H26N4O2/c1-11(12-5-7-13(8-6-12)21-16(18)23)20-15(22)14-17(2,3)9-4-10-19-14/h5-8,11,14,19H,4,9-10H2,1-3H3,(H,20,22)(H3,18,21,23). The van der Waals surface area contributed by atoms with Gasteiger partial charge in [0, 0.05) is 5.69 Å². The fourth-order valence-corrected chi connectivity index (χ4v) is 3.04. The van der Waals surface area contributed by atoms with Crippen molar-refractivity contribution in [1.29, 1.82) is 0 Å². The second-order valence-electron chi connectivity index (χ2n) is 6.82. The van der Waals surface area contributed by atoms with E-state index in [4.69, 9.17) is 5.73 Å². The first-order valence-electron chi connectivity index (χ1n) is 8.00. The Balaban J connectivity index is 1.99. The van der Waals surface area contributed by atoms with Gasteiger partial charge >= 0.3 is 6.03 Å². The molecule has 2 atom stereocenters. The van der Waals surface area contributed by atoms with Gasteiger partial charge in [-0.25, -0.2) is 4.79 Å². The largest absolute Gasteiger partial charge is 0.351 e. The Morgan fingerprint density at radius 1 is 1.30 bits per heavy atom. The number of carbonyl (C=O) groups excluding carboxylic acids is 2. The van der Waals surface area contributed by atoms with Crippen molar-refractivity contribution < 1.29 is 9.59 Å². The van der Waals surface area contributed by atoms with Gasteiger partial charge in [0.25, 0.3) is 0 Å². The van der Waals surface area contributed by atoms with E-state index in [1.807, 2.05) is 19.1 Å². The van der Waals surface area contributed by atoms with Crippen LogP contribution in [0.15, 0.2) is 24.3 Å². The molecular formula is C17H26N4O2. The highest BCUT2D eigenvalue weighted by Gasteiger charge is 2.37. The van der Waals surface area contributed by atoms with Crippen molar-refractivity contribution >= 4 is 17.6 Å². The van der Waals surface area contributed by atoms with Crippen LogP contribution in [0.25, 0.3) is 0 Å². The molecule has 0 bridgehead atoms. The van der Waals surface area contributed by atoms with Gasteiger partial charge in [-0.05, 0) is 49.4 Å². The fraction of sp³-hybridized carbons (Fsp3) is 0.529. The smallest absolute Gasteiger partial charge is 0.316 e. The minimum Gasteiger partial charge on any atom is -0.351 e. The van der Waals surface area contributed by atoms with Gasteiger partial charge in [0.15, 0.2) is 0 Å². The zero-order chi connectivity index (χ0) is 17.0. The summed E-state index contributed by atoms with van der Waals surface area (Å²) < 4.78 is 0. The van der Waals surface area contributed by atoms with E-state index < -0.39 is 6.03 Å². The third-order valence-corrected chi connectivity index (χ3v) is 4.43. The van der Waals surface area contributed by atoms with E-state index >= 15 is 0 Å². The number of amides is 3. The van der Waals surface area contributed by atoms with Crippen LogP contribution in [0.3, 0.4) is 0 Å². The Bertz CT molecular complexity index is 568. The maximum Gasteiger partial charge on any atom is 0.316 e. The average Bonchev–Trinajstić information content (AvgIpc) is 2.46. The van der Waals surface area contributed by atoms with Crippen molar-refractivity contribution in [3.8, 4) is 0 Å². The second-order valence-corrected chi connectivity index (χ2v) is 6.82. The lowest BCUT2D eigenvalue weighted by Crippen LogP contribution is -2.55. The van der Waals surface area contributed by atoms with Crippen molar-refractivity contribution in [1.82, 2.24) is 10.6 Å². The molecule has 1 saturated heterocycles. The zero-order valence-corrected chi connectivity index (χ0v) is 14.0. The SMILES string of the molecule is CC(NC(=O)C1NCCCC1(C)C)c1ccc(NC(N)=O)cc1. The number of hydrogen-bond acceptors (Lipinski definition) is 3. The maximum absolute atomic E-state index is 12.6. The van der Waals surface area contributed by atoms with Crippen LogP contribution in [-0.2, 0) is 4.79 Å². The molecule has 1 aromatic rings. The molecule has 0 spiro atoms. The average molecular weight is 318 g/mol. The van der Waals surface area contributed by atoms with Crippen LogP contribution in [0.1, 0.15) is 45.2 Å². The molecule has 0 aromatic heterocycles. The quantitative estimate of drug-likeness (QED) is 0.685. The topological polar surface area (TPSA) is 96.2 Å². The molecule has 1 heterocycles. The molecular weight excluding hydrogens is 292 g/mol. The lowest BCUT2D eigenvalue weighted by molar-refractivity contribution is -0.127. The Morgan fingerprint density at radius 3 is 2.52 bits per heavy atom. The molecule has 3 amide bonds. The van der Waals surface area contributed by atoms with Crippen LogP contribution in [-0.4, -0.2) is 24.5 Å². The third-order valence-electron chi connectivity index (χ3n) is 4.43. The Kier molecular flexibility index (Phi) is 5.26. The highest BCUT2D eigenvalue weighted by atomic mass is 16.2.